The van der Waals surface area contributed by atoms with Gasteiger partial charge in [-0.15, -0.1) is 0 Å². The molecular weight excluding hydrogens is 309 g/mol. The van der Waals surface area contributed by atoms with Gasteiger partial charge in [0, 0.05) is 0 Å². The summed E-state index contributed by atoms with van der Waals surface area (Å²) < 4.78 is 0. The van der Waals surface area contributed by atoms with Crippen LogP contribution in [0.25, 0.3) is 0 Å². The van der Waals surface area contributed by atoms with Crippen molar-refractivity contribution in [2.45, 2.75) is 0 Å². The zero-order valence-electron chi connectivity index (χ0n) is 11.9. The molecule has 3 rings (SSSR count). The molecule has 0 atom stereocenters. The Kier molecular flexibility index (Phi) is 3.75. The Balaban J connectivity index is 2.45. The molecule has 0 spiro atoms. The first-order chi connectivity index (χ1) is 10.7. The van der Waals surface area contributed by atoms with E-state index < -0.39 is 5.96 Å². The fourth-order valence-corrected chi connectivity index (χ4v) is 7.20. The molecule has 3 aromatic carbocycles. The van der Waals surface area contributed by atoms with Gasteiger partial charge in [0.2, 0.25) is 0 Å². The molecule has 0 radical (unpaired) electrons. The Morgan fingerprint density at radius 2 is 0.864 bits per heavy atom. The predicted molar refractivity (Wildman–Crippen MR) is 96.6 cm³/mol. The van der Waals surface area contributed by atoms with Gasteiger partial charge in [-0.2, -0.15) is 0 Å². The van der Waals surface area contributed by atoms with Gasteiger partial charge in [0.25, 0.3) is 0 Å². The van der Waals surface area contributed by atoms with Crippen LogP contribution >= 0.6 is 17.2 Å². The topological polar surface area (TPSA) is 23.8 Å². The molecule has 0 bridgehead atoms. The van der Waals surface area contributed by atoms with E-state index in [-0.39, 0.29) is 0 Å². The third kappa shape index (κ3) is 2.04. The Hall–Kier alpha value is -2.13. The van der Waals surface area contributed by atoms with E-state index in [1.165, 1.54) is 0 Å². The molecule has 0 saturated carbocycles. The third-order valence-corrected chi connectivity index (χ3v) is 10.1. The fraction of sp³-hybridized carbons (Fsp3) is 0. The van der Waals surface area contributed by atoms with Crippen molar-refractivity contribution in [2.24, 2.45) is 0 Å². The molecule has 3 heteroatoms. The monoisotopic (exact) mass is 323 g/mol. The van der Waals surface area contributed by atoms with E-state index >= 15 is 0 Å². The van der Waals surface area contributed by atoms with Crippen LogP contribution in [0, 0.1) is 11.1 Å². The van der Waals surface area contributed by atoms with Gasteiger partial charge >= 0.3 is 135 Å². The summed E-state index contributed by atoms with van der Waals surface area (Å²) in [5, 5.41) is 12.9. The van der Waals surface area contributed by atoms with Crippen LogP contribution < -0.4 is 15.9 Å². The number of hydrogen-bond acceptors (Lipinski definition) is 1. The molecule has 0 aromatic heterocycles. The molecule has 0 fully saturated rings. The number of benzene rings is 3. The van der Waals surface area contributed by atoms with Gasteiger partial charge < -0.3 is 0 Å². The van der Waals surface area contributed by atoms with Crippen molar-refractivity contribution < 1.29 is 0 Å². The molecule has 3 aromatic rings. The van der Waals surface area contributed by atoms with Crippen LogP contribution in [0.5, 0.6) is 0 Å². The van der Waals surface area contributed by atoms with Crippen molar-refractivity contribution in [1.82, 2.24) is 0 Å². The van der Waals surface area contributed by atoms with Gasteiger partial charge in [0.1, 0.15) is 0 Å². The first-order valence-electron chi connectivity index (χ1n) is 7.02. The average Bonchev–Trinajstić information content (AvgIpc) is 2.63. The number of halogens is 1. The van der Waals surface area contributed by atoms with Gasteiger partial charge in [0.15, 0.2) is 0 Å². The van der Waals surface area contributed by atoms with E-state index in [9.17, 15) is 5.26 Å². The summed E-state index contributed by atoms with van der Waals surface area (Å²) in [6, 6.07) is 29.1. The molecule has 108 valence electrons. The van der Waals surface area contributed by atoms with Gasteiger partial charge in [0.05, 0.1) is 0 Å². The van der Waals surface area contributed by atoms with Crippen molar-refractivity contribution >= 4 is 33.1 Å². The van der Waals surface area contributed by atoms with Crippen LogP contribution in [-0.4, -0.2) is 0 Å². The summed E-state index contributed by atoms with van der Waals surface area (Å²) in [5.74, 6) is -1.09. The SMILES string of the molecule is N#CP(Cl)(c1ccccc1)(c1ccccc1)c1ccccc1. The predicted octanol–water partition coefficient (Wildman–Crippen LogP) is 4.15. The van der Waals surface area contributed by atoms with E-state index in [2.05, 4.69) is 5.81 Å². The first-order valence-corrected chi connectivity index (χ1v) is 10.2. The van der Waals surface area contributed by atoms with Crippen LogP contribution in [0.3, 0.4) is 0 Å². The number of hydrogen-bond donors (Lipinski definition) is 0. The van der Waals surface area contributed by atoms with Gasteiger partial charge in [-0.3, -0.25) is 0 Å². The standard InChI is InChI=1S/C19H15ClNP/c20-22(16-21,17-10-4-1-5-11-17,18-12-6-2-7-13-18)19-14-8-3-9-15-19/h1-15H. The molecule has 0 aliphatic rings. The summed E-state index contributed by atoms with van der Waals surface area (Å²) in [6.07, 6.45) is 0. The number of nitrogens with zero attached hydrogens (tertiary/aromatic N) is 1. The zero-order valence-corrected chi connectivity index (χ0v) is 13.6. The van der Waals surface area contributed by atoms with Crippen LogP contribution in [-0.2, 0) is 0 Å². The Bertz CT molecular complexity index is 711. The summed E-state index contributed by atoms with van der Waals surface area (Å²) in [7, 11) is 0. The molecule has 0 aliphatic carbocycles. The fourth-order valence-electron chi connectivity index (χ4n) is 2.74. The third-order valence-electron chi connectivity index (χ3n) is 3.91. The number of nitriles is 1. The maximum atomic E-state index is 10.3. The molecule has 0 amide bonds. The van der Waals surface area contributed by atoms with Crippen molar-refractivity contribution in [1.29, 1.82) is 5.26 Å². The van der Waals surface area contributed by atoms with E-state index in [1.807, 2.05) is 91.0 Å². The first kappa shape index (κ1) is 14.8. The summed E-state index contributed by atoms with van der Waals surface area (Å²) in [6.45, 7) is 0. The van der Waals surface area contributed by atoms with Crippen LogP contribution in [0.15, 0.2) is 91.0 Å². The molecule has 0 unspecified atom stereocenters. The maximum absolute atomic E-state index is 10.3. The van der Waals surface area contributed by atoms with E-state index in [1.54, 1.807) is 0 Å². The molecule has 22 heavy (non-hydrogen) atoms. The zero-order chi connectivity index (χ0) is 15.5. The molecule has 0 saturated heterocycles. The normalized spacial score (nSPS) is 12.8. The van der Waals surface area contributed by atoms with E-state index in [4.69, 9.17) is 11.2 Å². The second-order valence-corrected chi connectivity index (χ2v) is 10.9. The Morgan fingerprint density at radius 1 is 0.591 bits per heavy atom. The van der Waals surface area contributed by atoms with Crippen LogP contribution in [0.4, 0.5) is 0 Å². The Labute approximate surface area is 135 Å². The molecule has 0 heterocycles. The van der Waals surface area contributed by atoms with Gasteiger partial charge in [-0.1, -0.05) is 0 Å². The molecule has 0 aliphatic heterocycles. The minimum atomic E-state index is -3.62. The minimum absolute atomic E-state index is 0.870. The van der Waals surface area contributed by atoms with Crippen molar-refractivity contribution in [3.63, 3.8) is 0 Å². The molecule has 0 N–H and O–H groups in total. The molecular formula is C19H15ClNP. The quantitative estimate of drug-likeness (QED) is 0.664. The van der Waals surface area contributed by atoms with Crippen molar-refractivity contribution in [3.8, 4) is 5.81 Å². The van der Waals surface area contributed by atoms with E-state index in [0.717, 1.165) is 15.9 Å². The summed E-state index contributed by atoms with van der Waals surface area (Å²) in [5.41, 5.74) is 0. The van der Waals surface area contributed by atoms with Gasteiger partial charge in [-0.25, -0.2) is 0 Å². The second-order valence-electron chi connectivity index (χ2n) is 5.12. The Morgan fingerprint density at radius 3 is 1.09 bits per heavy atom. The van der Waals surface area contributed by atoms with Crippen molar-refractivity contribution in [3.05, 3.63) is 91.0 Å². The molecule has 1 nitrogen and oxygen atoms in total. The van der Waals surface area contributed by atoms with Gasteiger partial charge in [-0.05, 0) is 0 Å². The van der Waals surface area contributed by atoms with Crippen LogP contribution in [0.2, 0.25) is 0 Å². The number of rotatable bonds is 3. The summed E-state index contributed by atoms with van der Waals surface area (Å²) >= 11 is 7.33. The summed E-state index contributed by atoms with van der Waals surface area (Å²) in [4.78, 5) is 0. The second kappa shape index (κ2) is 5.58. The van der Waals surface area contributed by atoms with Crippen molar-refractivity contribution in [2.75, 3.05) is 0 Å². The average molecular weight is 324 g/mol. The van der Waals surface area contributed by atoms with Crippen LogP contribution in [0.1, 0.15) is 0 Å². The van der Waals surface area contributed by atoms with E-state index in [0.29, 0.717) is 0 Å².